The van der Waals surface area contributed by atoms with Crippen molar-refractivity contribution in [3.63, 3.8) is 0 Å². The Labute approximate surface area is 142 Å². The second-order valence-corrected chi connectivity index (χ2v) is 6.51. The Morgan fingerprint density at radius 3 is 2.74 bits per heavy atom. The van der Waals surface area contributed by atoms with Crippen LogP contribution >= 0.6 is 22.9 Å². The predicted molar refractivity (Wildman–Crippen MR) is 88.8 cm³/mol. The van der Waals surface area contributed by atoms with Crippen LogP contribution in [0.5, 0.6) is 0 Å². The summed E-state index contributed by atoms with van der Waals surface area (Å²) in [5.74, 6) is -0.235. The van der Waals surface area contributed by atoms with Gasteiger partial charge in [-0.2, -0.15) is 5.10 Å². The molecular formula is C15H14ClN5OS. The minimum atomic E-state index is -0.235. The quantitative estimate of drug-likeness (QED) is 0.770. The van der Waals surface area contributed by atoms with Crippen LogP contribution < -0.4 is 5.32 Å². The maximum absolute atomic E-state index is 12.2. The van der Waals surface area contributed by atoms with E-state index in [0.29, 0.717) is 16.6 Å². The smallest absolute Gasteiger partial charge is 0.282 e. The molecule has 0 radical (unpaired) electrons. The molecule has 1 amide bonds. The third kappa shape index (κ3) is 3.75. The zero-order chi connectivity index (χ0) is 16.2. The summed E-state index contributed by atoms with van der Waals surface area (Å²) in [5.41, 5.74) is 1.01. The molecule has 118 valence electrons. The standard InChI is InChI=1S/C15H14ClN5OS/c1-10-19-20-15(23-10)14(22)17-9-13(21-8-2-7-18-21)11-3-5-12(16)6-4-11/h2-8,13H,9H2,1H3,(H,17,22)/t13-/m1/s1. The molecule has 0 spiro atoms. The van der Waals surface area contributed by atoms with Crippen molar-refractivity contribution in [1.82, 2.24) is 25.3 Å². The minimum Gasteiger partial charge on any atom is -0.347 e. The zero-order valence-electron chi connectivity index (χ0n) is 12.3. The largest absolute Gasteiger partial charge is 0.347 e. The number of nitrogens with zero attached hydrogens (tertiary/aromatic N) is 4. The average Bonchev–Trinajstić information content (AvgIpc) is 3.21. The third-order valence-electron chi connectivity index (χ3n) is 3.28. The first-order valence-electron chi connectivity index (χ1n) is 6.96. The predicted octanol–water partition coefficient (Wildman–Crippen LogP) is 2.72. The van der Waals surface area contributed by atoms with E-state index in [1.807, 2.05) is 43.5 Å². The molecule has 1 atom stereocenters. The molecule has 0 unspecified atom stereocenters. The maximum Gasteiger partial charge on any atom is 0.282 e. The van der Waals surface area contributed by atoms with Crippen molar-refractivity contribution in [2.24, 2.45) is 0 Å². The summed E-state index contributed by atoms with van der Waals surface area (Å²) in [4.78, 5) is 12.2. The first-order chi connectivity index (χ1) is 11.1. The molecule has 3 rings (SSSR count). The number of nitrogens with one attached hydrogen (secondary N) is 1. The van der Waals surface area contributed by atoms with Gasteiger partial charge in [0.15, 0.2) is 0 Å². The second kappa shape index (κ2) is 6.89. The lowest BCUT2D eigenvalue weighted by Crippen LogP contribution is -2.31. The fourth-order valence-corrected chi connectivity index (χ4v) is 2.90. The fourth-order valence-electron chi connectivity index (χ4n) is 2.17. The van der Waals surface area contributed by atoms with Gasteiger partial charge in [-0.25, -0.2) is 0 Å². The van der Waals surface area contributed by atoms with E-state index in [-0.39, 0.29) is 11.9 Å². The van der Waals surface area contributed by atoms with E-state index in [2.05, 4.69) is 20.6 Å². The van der Waals surface area contributed by atoms with E-state index < -0.39 is 0 Å². The van der Waals surface area contributed by atoms with Crippen LogP contribution in [0.3, 0.4) is 0 Å². The summed E-state index contributed by atoms with van der Waals surface area (Å²) in [6.07, 6.45) is 3.57. The Bertz CT molecular complexity index is 785. The summed E-state index contributed by atoms with van der Waals surface area (Å²) in [7, 11) is 0. The lowest BCUT2D eigenvalue weighted by molar-refractivity contribution is 0.0948. The third-order valence-corrected chi connectivity index (χ3v) is 4.36. The molecule has 6 nitrogen and oxygen atoms in total. The molecule has 0 saturated carbocycles. The number of aryl methyl sites for hydroxylation is 1. The Kier molecular flexibility index (Phi) is 4.68. The molecule has 0 fully saturated rings. The molecule has 1 aromatic carbocycles. The van der Waals surface area contributed by atoms with E-state index in [4.69, 9.17) is 11.6 Å². The van der Waals surface area contributed by atoms with Crippen molar-refractivity contribution in [2.45, 2.75) is 13.0 Å². The summed E-state index contributed by atoms with van der Waals surface area (Å²) in [5, 5.41) is 16.7. The summed E-state index contributed by atoms with van der Waals surface area (Å²) >= 11 is 7.21. The van der Waals surface area contributed by atoms with Gasteiger partial charge in [0.25, 0.3) is 5.91 Å². The number of carbonyl (C=O) groups is 1. The second-order valence-electron chi connectivity index (χ2n) is 4.89. The summed E-state index contributed by atoms with van der Waals surface area (Å²) < 4.78 is 1.80. The van der Waals surface area contributed by atoms with Crippen LogP contribution in [-0.4, -0.2) is 32.4 Å². The summed E-state index contributed by atoms with van der Waals surface area (Å²) in [6, 6.07) is 9.22. The highest BCUT2D eigenvalue weighted by Crippen LogP contribution is 2.19. The van der Waals surface area contributed by atoms with Crippen LogP contribution in [0.15, 0.2) is 42.7 Å². The highest BCUT2D eigenvalue weighted by molar-refractivity contribution is 7.13. The van der Waals surface area contributed by atoms with E-state index >= 15 is 0 Å². The van der Waals surface area contributed by atoms with Gasteiger partial charge < -0.3 is 5.32 Å². The average molecular weight is 348 g/mol. The number of halogens is 1. The van der Waals surface area contributed by atoms with Gasteiger partial charge in [0, 0.05) is 24.0 Å². The molecule has 1 N–H and O–H groups in total. The topological polar surface area (TPSA) is 72.7 Å². The number of hydrogen-bond acceptors (Lipinski definition) is 5. The molecule has 8 heteroatoms. The highest BCUT2D eigenvalue weighted by atomic mass is 35.5. The number of benzene rings is 1. The van der Waals surface area contributed by atoms with Crippen LogP contribution in [0.25, 0.3) is 0 Å². The minimum absolute atomic E-state index is 0.125. The van der Waals surface area contributed by atoms with Gasteiger partial charge in [0.05, 0.1) is 6.04 Å². The van der Waals surface area contributed by atoms with Gasteiger partial charge >= 0.3 is 0 Å². The normalized spacial score (nSPS) is 12.1. The molecule has 2 heterocycles. The van der Waals surface area contributed by atoms with Crippen LogP contribution in [-0.2, 0) is 0 Å². The van der Waals surface area contributed by atoms with Crippen molar-refractivity contribution in [3.05, 3.63) is 63.3 Å². The van der Waals surface area contributed by atoms with Gasteiger partial charge in [-0.3, -0.25) is 9.48 Å². The number of aromatic nitrogens is 4. The zero-order valence-corrected chi connectivity index (χ0v) is 13.9. The van der Waals surface area contributed by atoms with Crippen molar-refractivity contribution >= 4 is 28.8 Å². The molecule has 0 saturated heterocycles. The molecule has 0 aliphatic heterocycles. The van der Waals surface area contributed by atoms with E-state index in [0.717, 1.165) is 10.6 Å². The monoisotopic (exact) mass is 347 g/mol. The van der Waals surface area contributed by atoms with Gasteiger partial charge in [-0.1, -0.05) is 35.1 Å². The lowest BCUT2D eigenvalue weighted by Gasteiger charge is -2.18. The fraction of sp³-hybridized carbons (Fsp3) is 0.200. The van der Waals surface area contributed by atoms with Gasteiger partial charge in [-0.15, -0.1) is 10.2 Å². The van der Waals surface area contributed by atoms with Crippen molar-refractivity contribution < 1.29 is 4.79 Å². The van der Waals surface area contributed by atoms with Crippen LogP contribution in [0, 0.1) is 6.92 Å². The van der Waals surface area contributed by atoms with Crippen molar-refractivity contribution in [3.8, 4) is 0 Å². The maximum atomic E-state index is 12.2. The molecular weight excluding hydrogens is 334 g/mol. The first-order valence-corrected chi connectivity index (χ1v) is 8.16. The molecule has 0 aliphatic rings. The Hall–Kier alpha value is -2.25. The van der Waals surface area contributed by atoms with Crippen molar-refractivity contribution in [2.75, 3.05) is 6.54 Å². The van der Waals surface area contributed by atoms with Crippen molar-refractivity contribution in [1.29, 1.82) is 0 Å². The van der Waals surface area contributed by atoms with Crippen LogP contribution in [0.4, 0.5) is 0 Å². The molecule has 23 heavy (non-hydrogen) atoms. The van der Waals surface area contributed by atoms with Crippen LogP contribution in [0.2, 0.25) is 5.02 Å². The Balaban J connectivity index is 1.77. The molecule has 2 aromatic heterocycles. The van der Waals surface area contributed by atoms with Gasteiger partial charge in [0.2, 0.25) is 5.01 Å². The number of rotatable bonds is 5. The van der Waals surface area contributed by atoms with Gasteiger partial charge in [-0.05, 0) is 30.7 Å². The molecule has 3 aromatic rings. The molecule has 0 bridgehead atoms. The van der Waals surface area contributed by atoms with E-state index in [9.17, 15) is 4.79 Å². The number of amides is 1. The highest BCUT2D eigenvalue weighted by Gasteiger charge is 2.17. The van der Waals surface area contributed by atoms with E-state index in [1.54, 1.807) is 10.9 Å². The Morgan fingerprint density at radius 2 is 2.13 bits per heavy atom. The van der Waals surface area contributed by atoms with Crippen LogP contribution in [0.1, 0.15) is 26.4 Å². The number of carbonyl (C=O) groups excluding carboxylic acids is 1. The molecule has 0 aliphatic carbocycles. The summed E-state index contributed by atoms with van der Waals surface area (Å²) in [6.45, 7) is 2.20. The lowest BCUT2D eigenvalue weighted by atomic mass is 10.1. The number of hydrogen-bond donors (Lipinski definition) is 1. The van der Waals surface area contributed by atoms with E-state index in [1.165, 1.54) is 11.3 Å². The SMILES string of the molecule is Cc1nnc(C(=O)NC[C@H](c2ccc(Cl)cc2)n2cccn2)s1. The first kappa shape index (κ1) is 15.6. The Morgan fingerprint density at radius 1 is 1.35 bits per heavy atom. The van der Waals surface area contributed by atoms with Gasteiger partial charge in [0.1, 0.15) is 5.01 Å².